The molecule has 3 atom stereocenters. The minimum atomic E-state index is 0.201. The fourth-order valence-electron chi connectivity index (χ4n) is 5.07. The Kier molecular flexibility index (Phi) is 5.20. The molecule has 1 unspecified atom stereocenters. The Morgan fingerprint density at radius 3 is 3.00 bits per heavy atom. The minimum absolute atomic E-state index is 0.201. The average molecular weight is 367 g/mol. The molecule has 0 spiro atoms. The summed E-state index contributed by atoms with van der Waals surface area (Å²) < 4.78 is 8.45. The number of likely N-dealkylation sites (N-methyl/N-ethyl adjacent to an activating group) is 1. The number of nitrogens with zero attached hydrogens (tertiary/aromatic N) is 2. The van der Waals surface area contributed by atoms with E-state index >= 15 is 0 Å². The zero-order chi connectivity index (χ0) is 19.0. The van der Waals surface area contributed by atoms with E-state index in [0.717, 1.165) is 32.5 Å². The number of benzene rings is 1. The zero-order valence-corrected chi connectivity index (χ0v) is 16.5. The number of hydrogen-bond acceptors (Lipinski definition) is 3. The molecule has 1 aliphatic heterocycles. The number of ether oxygens (including phenoxy) is 1. The third-order valence-corrected chi connectivity index (χ3v) is 6.27. The van der Waals surface area contributed by atoms with Gasteiger partial charge in [0.2, 0.25) is 0 Å². The number of allylic oxidation sites excluding steroid dienone is 1. The molecule has 0 bridgehead atoms. The SMILES string of the molecule is C=CCn1cc2c3c(cccc31)C1C[C@@H](OCCC(C)=O)CN(CC)[C@@H]1C2. The topological polar surface area (TPSA) is 34.5 Å². The van der Waals surface area contributed by atoms with E-state index in [1.807, 2.05) is 6.08 Å². The Hall–Kier alpha value is -1.91. The average Bonchev–Trinajstić information content (AvgIpc) is 3.01. The van der Waals surface area contributed by atoms with Crippen LogP contribution in [-0.2, 0) is 22.5 Å². The number of piperidine rings is 1. The van der Waals surface area contributed by atoms with E-state index in [4.69, 9.17) is 4.74 Å². The number of rotatable bonds is 7. The molecule has 2 aliphatic rings. The van der Waals surface area contributed by atoms with Crippen LogP contribution in [0.2, 0.25) is 0 Å². The summed E-state index contributed by atoms with van der Waals surface area (Å²) in [6.45, 7) is 11.2. The number of hydrogen-bond donors (Lipinski definition) is 0. The molecule has 1 aromatic heterocycles. The van der Waals surface area contributed by atoms with Crippen LogP contribution in [0.15, 0.2) is 37.1 Å². The molecular weight excluding hydrogens is 336 g/mol. The van der Waals surface area contributed by atoms with E-state index in [-0.39, 0.29) is 11.9 Å². The van der Waals surface area contributed by atoms with Crippen molar-refractivity contribution in [2.75, 3.05) is 19.7 Å². The molecule has 0 saturated carbocycles. The Morgan fingerprint density at radius 1 is 1.41 bits per heavy atom. The molecule has 1 aliphatic carbocycles. The number of Topliss-reactive ketones (excluding diaryl/α,β-unsaturated/α-hetero) is 1. The van der Waals surface area contributed by atoms with Crippen LogP contribution < -0.4 is 0 Å². The first-order valence-electron chi connectivity index (χ1n) is 10.2. The third kappa shape index (κ3) is 3.37. The van der Waals surface area contributed by atoms with Crippen molar-refractivity contribution >= 4 is 16.7 Å². The van der Waals surface area contributed by atoms with Crippen molar-refractivity contribution in [2.24, 2.45) is 0 Å². The Bertz CT molecular complexity index is 853. The summed E-state index contributed by atoms with van der Waals surface area (Å²) in [5.74, 6) is 0.698. The number of ketones is 1. The first kappa shape index (κ1) is 18.5. The summed E-state index contributed by atoms with van der Waals surface area (Å²) in [5, 5.41) is 1.45. The zero-order valence-electron chi connectivity index (χ0n) is 16.5. The molecule has 1 fully saturated rings. The molecule has 2 aromatic rings. The lowest BCUT2D eigenvalue weighted by Crippen LogP contribution is -2.52. The van der Waals surface area contributed by atoms with Gasteiger partial charge in [0.1, 0.15) is 5.78 Å². The number of carbonyl (C=O) groups excluding carboxylic acids is 1. The molecule has 2 heterocycles. The highest BCUT2D eigenvalue weighted by Gasteiger charge is 2.40. The second kappa shape index (κ2) is 7.61. The summed E-state index contributed by atoms with van der Waals surface area (Å²) in [5.41, 5.74) is 4.27. The molecule has 4 heteroatoms. The molecular formula is C23H30N2O2. The lowest BCUT2D eigenvalue weighted by molar-refractivity contribution is -0.119. The number of fused-ring (bicyclic) bond motifs is 2. The standard InChI is InChI=1S/C23H30N2O2/c1-4-10-25-14-17-12-22-20(19-7-6-8-21(25)23(17)19)13-18(15-24(22)5-2)27-11-9-16(3)26/h4,6-8,14,18,20,22H,1,5,9-13,15H2,2-3H3/t18-,20?,22-/m1/s1. The molecule has 1 aromatic carbocycles. The summed E-state index contributed by atoms with van der Waals surface area (Å²) in [6, 6.07) is 7.28. The molecule has 0 radical (unpaired) electrons. The fourth-order valence-corrected chi connectivity index (χ4v) is 5.07. The van der Waals surface area contributed by atoms with Crippen LogP contribution >= 0.6 is 0 Å². The van der Waals surface area contributed by atoms with Crippen molar-refractivity contribution < 1.29 is 9.53 Å². The Morgan fingerprint density at radius 2 is 2.26 bits per heavy atom. The van der Waals surface area contributed by atoms with Crippen LogP contribution in [0.4, 0.5) is 0 Å². The van der Waals surface area contributed by atoms with Gasteiger partial charge in [-0.2, -0.15) is 0 Å². The molecule has 144 valence electrons. The predicted molar refractivity (Wildman–Crippen MR) is 109 cm³/mol. The van der Waals surface area contributed by atoms with Gasteiger partial charge in [-0.1, -0.05) is 25.1 Å². The van der Waals surface area contributed by atoms with Gasteiger partial charge in [0, 0.05) is 48.6 Å². The van der Waals surface area contributed by atoms with E-state index in [9.17, 15) is 4.79 Å². The van der Waals surface area contributed by atoms with Gasteiger partial charge < -0.3 is 9.30 Å². The van der Waals surface area contributed by atoms with Gasteiger partial charge in [0.15, 0.2) is 0 Å². The summed E-state index contributed by atoms with van der Waals surface area (Å²) in [6.07, 6.45) is 7.17. The van der Waals surface area contributed by atoms with Crippen molar-refractivity contribution in [1.82, 2.24) is 9.47 Å². The van der Waals surface area contributed by atoms with Crippen LogP contribution in [0, 0.1) is 0 Å². The number of aromatic nitrogens is 1. The van der Waals surface area contributed by atoms with Crippen molar-refractivity contribution in [3.8, 4) is 0 Å². The van der Waals surface area contributed by atoms with Crippen LogP contribution in [0.1, 0.15) is 43.7 Å². The molecule has 4 rings (SSSR count). The predicted octanol–water partition coefficient (Wildman–Crippen LogP) is 3.93. The third-order valence-electron chi connectivity index (χ3n) is 6.27. The van der Waals surface area contributed by atoms with E-state index in [1.54, 1.807) is 6.92 Å². The first-order valence-corrected chi connectivity index (χ1v) is 10.2. The second-order valence-corrected chi connectivity index (χ2v) is 7.98. The Balaban J connectivity index is 1.66. The maximum Gasteiger partial charge on any atom is 0.132 e. The maximum atomic E-state index is 11.3. The van der Waals surface area contributed by atoms with Crippen LogP contribution in [-0.4, -0.2) is 47.1 Å². The van der Waals surface area contributed by atoms with Crippen LogP contribution in [0.25, 0.3) is 10.9 Å². The highest BCUT2D eigenvalue weighted by atomic mass is 16.5. The van der Waals surface area contributed by atoms with Gasteiger partial charge >= 0.3 is 0 Å². The van der Waals surface area contributed by atoms with E-state index in [0.29, 0.717) is 25.0 Å². The van der Waals surface area contributed by atoms with Gasteiger partial charge in [0.05, 0.1) is 12.7 Å². The van der Waals surface area contributed by atoms with E-state index in [2.05, 4.69) is 47.4 Å². The summed E-state index contributed by atoms with van der Waals surface area (Å²) in [4.78, 5) is 13.8. The molecule has 0 amide bonds. The first-order chi connectivity index (χ1) is 13.1. The van der Waals surface area contributed by atoms with Crippen LogP contribution in [0.3, 0.4) is 0 Å². The number of carbonyl (C=O) groups is 1. The van der Waals surface area contributed by atoms with Gasteiger partial charge in [-0.3, -0.25) is 9.69 Å². The van der Waals surface area contributed by atoms with Crippen molar-refractivity contribution in [3.63, 3.8) is 0 Å². The largest absolute Gasteiger partial charge is 0.376 e. The van der Waals surface area contributed by atoms with Crippen molar-refractivity contribution in [1.29, 1.82) is 0 Å². The minimum Gasteiger partial charge on any atom is -0.376 e. The molecule has 27 heavy (non-hydrogen) atoms. The Labute approximate surface area is 161 Å². The van der Waals surface area contributed by atoms with E-state index in [1.165, 1.54) is 22.0 Å². The van der Waals surface area contributed by atoms with Crippen LogP contribution in [0.5, 0.6) is 0 Å². The second-order valence-electron chi connectivity index (χ2n) is 7.98. The van der Waals surface area contributed by atoms with Gasteiger partial charge in [-0.25, -0.2) is 0 Å². The maximum absolute atomic E-state index is 11.3. The molecule has 1 saturated heterocycles. The molecule has 0 N–H and O–H groups in total. The molecule has 4 nitrogen and oxygen atoms in total. The van der Waals surface area contributed by atoms with Gasteiger partial charge in [-0.15, -0.1) is 6.58 Å². The highest BCUT2D eigenvalue weighted by molar-refractivity contribution is 5.89. The van der Waals surface area contributed by atoms with Gasteiger partial charge in [-0.05, 0) is 43.5 Å². The quantitative estimate of drug-likeness (QED) is 0.697. The normalized spacial score (nSPS) is 24.7. The lowest BCUT2D eigenvalue weighted by Gasteiger charge is -2.46. The summed E-state index contributed by atoms with van der Waals surface area (Å²) >= 11 is 0. The summed E-state index contributed by atoms with van der Waals surface area (Å²) in [7, 11) is 0. The van der Waals surface area contributed by atoms with E-state index < -0.39 is 0 Å². The van der Waals surface area contributed by atoms with Crippen molar-refractivity contribution in [3.05, 3.63) is 48.2 Å². The fraction of sp³-hybridized carbons (Fsp3) is 0.522. The van der Waals surface area contributed by atoms with Crippen molar-refractivity contribution in [2.45, 2.75) is 57.7 Å². The smallest absolute Gasteiger partial charge is 0.132 e. The highest BCUT2D eigenvalue weighted by Crippen LogP contribution is 2.44. The van der Waals surface area contributed by atoms with Gasteiger partial charge in [0.25, 0.3) is 0 Å². The lowest BCUT2D eigenvalue weighted by atomic mass is 9.74. The monoisotopic (exact) mass is 366 g/mol. The number of likely N-dealkylation sites (tertiary alicyclic amines) is 1.